The predicted octanol–water partition coefficient (Wildman–Crippen LogP) is 4.65. The summed E-state index contributed by atoms with van der Waals surface area (Å²) in [6, 6.07) is 12.0. The van der Waals surface area contributed by atoms with Gasteiger partial charge in [0.25, 0.3) is 0 Å². The van der Waals surface area contributed by atoms with Crippen LogP contribution < -0.4 is 9.47 Å². The molecule has 3 heteroatoms. The standard InChI is InChI=1S/C17H19ClO2/c1-11-6-5-7-14(12(11)2)17(18)13-8-9-15(19-3)16(10-13)20-4/h5-10,17H,1-4H3. The van der Waals surface area contributed by atoms with E-state index in [9.17, 15) is 0 Å². The number of methoxy groups -OCH3 is 2. The largest absolute Gasteiger partial charge is 0.493 e. The minimum atomic E-state index is -0.199. The van der Waals surface area contributed by atoms with Crippen molar-refractivity contribution in [1.82, 2.24) is 0 Å². The summed E-state index contributed by atoms with van der Waals surface area (Å²) in [5, 5.41) is -0.199. The van der Waals surface area contributed by atoms with E-state index in [2.05, 4.69) is 26.0 Å². The Morgan fingerprint density at radius 2 is 1.65 bits per heavy atom. The second kappa shape index (κ2) is 6.19. The van der Waals surface area contributed by atoms with E-state index in [4.69, 9.17) is 21.1 Å². The van der Waals surface area contributed by atoms with Crippen molar-refractivity contribution < 1.29 is 9.47 Å². The first-order valence-electron chi connectivity index (χ1n) is 6.50. The van der Waals surface area contributed by atoms with Crippen LogP contribution in [0.15, 0.2) is 36.4 Å². The third-order valence-electron chi connectivity index (χ3n) is 3.62. The van der Waals surface area contributed by atoms with Gasteiger partial charge >= 0.3 is 0 Å². The maximum atomic E-state index is 6.64. The second-order valence-electron chi connectivity index (χ2n) is 4.77. The molecule has 0 aliphatic carbocycles. The maximum absolute atomic E-state index is 6.64. The number of hydrogen-bond donors (Lipinski definition) is 0. The van der Waals surface area contributed by atoms with E-state index in [1.165, 1.54) is 11.1 Å². The lowest BCUT2D eigenvalue weighted by Crippen LogP contribution is -1.99. The molecule has 0 saturated heterocycles. The van der Waals surface area contributed by atoms with Gasteiger partial charge in [-0.1, -0.05) is 24.3 Å². The van der Waals surface area contributed by atoms with Crippen LogP contribution in [-0.2, 0) is 0 Å². The Labute approximate surface area is 125 Å². The summed E-state index contributed by atoms with van der Waals surface area (Å²) in [7, 11) is 3.25. The zero-order chi connectivity index (χ0) is 14.7. The van der Waals surface area contributed by atoms with Crippen LogP contribution >= 0.6 is 11.6 Å². The number of alkyl halides is 1. The molecule has 1 unspecified atom stereocenters. The number of halogens is 1. The van der Waals surface area contributed by atoms with E-state index in [0.717, 1.165) is 11.1 Å². The van der Waals surface area contributed by atoms with Crippen LogP contribution in [0.5, 0.6) is 11.5 Å². The lowest BCUT2D eigenvalue weighted by atomic mass is 9.97. The smallest absolute Gasteiger partial charge is 0.161 e. The zero-order valence-corrected chi connectivity index (χ0v) is 13.0. The highest BCUT2D eigenvalue weighted by atomic mass is 35.5. The summed E-state index contributed by atoms with van der Waals surface area (Å²) >= 11 is 6.64. The van der Waals surface area contributed by atoms with Gasteiger partial charge in [0.1, 0.15) is 0 Å². The molecule has 0 aliphatic heterocycles. The summed E-state index contributed by atoms with van der Waals surface area (Å²) in [6.07, 6.45) is 0. The fourth-order valence-corrected chi connectivity index (χ4v) is 2.61. The molecule has 2 aromatic carbocycles. The van der Waals surface area contributed by atoms with Gasteiger partial charge in [-0.25, -0.2) is 0 Å². The van der Waals surface area contributed by atoms with Gasteiger partial charge in [0.2, 0.25) is 0 Å². The third kappa shape index (κ3) is 2.75. The molecule has 0 N–H and O–H groups in total. The molecule has 1 atom stereocenters. The number of benzene rings is 2. The molecule has 106 valence electrons. The van der Waals surface area contributed by atoms with Crippen molar-refractivity contribution in [3.05, 3.63) is 58.7 Å². The minimum Gasteiger partial charge on any atom is -0.493 e. The summed E-state index contributed by atoms with van der Waals surface area (Å²) in [5.41, 5.74) is 4.59. The Kier molecular flexibility index (Phi) is 4.56. The molecule has 20 heavy (non-hydrogen) atoms. The second-order valence-corrected chi connectivity index (χ2v) is 5.20. The average molecular weight is 291 g/mol. The molecular formula is C17H19ClO2. The van der Waals surface area contributed by atoms with Crippen molar-refractivity contribution in [2.24, 2.45) is 0 Å². The summed E-state index contributed by atoms with van der Waals surface area (Å²) < 4.78 is 10.6. The number of rotatable bonds is 4. The van der Waals surface area contributed by atoms with E-state index in [1.54, 1.807) is 14.2 Å². The minimum absolute atomic E-state index is 0.199. The molecule has 0 amide bonds. The van der Waals surface area contributed by atoms with Gasteiger partial charge < -0.3 is 9.47 Å². The molecule has 0 fully saturated rings. The van der Waals surface area contributed by atoms with Crippen LogP contribution in [0.4, 0.5) is 0 Å². The summed E-state index contributed by atoms with van der Waals surface area (Å²) in [4.78, 5) is 0. The van der Waals surface area contributed by atoms with Gasteiger partial charge in [-0.15, -0.1) is 11.6 Å². The van der Waals surface area contributed by atoms with E-state index < -0.39 is 0 Å². The Morgan fingerprint density at radius 3 is 2.30 bits per heavy atom. The molecule has 2 aromatic rings. The molecule has 0 bridgehead atoms. The van der Waals surface area contributed by atoms with Crippen molar-refractivity contribution in [1.29, 1.82) is 0 Å². The van der Waals surface area contributed by atoms with Crippen molar-refractivity contribution in [3.8, 4) is 11.5 Å². The fraction of sp³-hybridized carbons (Fsp3) is 0.294. The van der Waals surface area contributed by atoms with E-state index in [0.29, 0.717) is 11.5 Å². The molecule has 0 spiro atoms. The molecule has 0 saturated carbocycles. The van der Waals surface area contributed by atoms with E-state index in [1.807, 2.05) is 24.3 Å². The predicted molar refractivity (Wildman–Crippen MR) is 83.2 cm³/mol. The van der Waals surface area contributed by atoms with Crippen LogP contribution in [0.1, 0.15) is 27.6 Å². The highest BCUT2D eigenvalue weighted by Crippen LogP contribution is 2.36. The highest BCUT2D eigenvalue weighted by Gasteiger charge is 2.16. The van der Waals surface area contributed by atoms with Gasteiger partial charge in [-0.05, 0) is 48.2 Å². The van der Waals surface area contributed by atoms with Crippen LogP contribution in [0.25, 0.3) is 0 Å². The van der Waals surface area contributed by atoms with Crippen molar-refractivity contribution >= 4 is 11.6 Å². The average Bonchev–Trinajstić information content (AvgIpc) is 2.48. The first kappa shape index (κ1) is 14.7. The van der Waals surface area contributed by atoms with Gasteiger partial charge in [0.05, 0.1) is 19.6 Å². The highest BCUT2D eigenvalue weighted by molar-refractivity contribution is 6.22. The lowest BCUT2D eigenvalue weighted by Gasteiger charge is -2.16. The molecule has 0 radical (unpaired) electrons. The Hall–Kier alpha value is -1.67. The Morgan fingerprint density at radius 1 is 0.950 bits per heavy atom. The Balaban J connectivity index is 2.43. The molecule has 2 nitrogen and oxygen atoms in total. The van der Waals surface area contributed by atoms with E-state index >= 15 is 0 Å². The maximum Gasteiger partial charge on any atom is 0.161 e. The Bertz CT molecular complexity index is 608. The monoisotopic (exact) mass is 290 g/mol. The van der Waals surface area contributed by atoms with Crippen molar-refractivity contribution in [2.45, 2.75) is 19.2 Å². The summed E-state index contributed by atoms with van der Waals surface area (Å²) in [6.45, 7) is 4.19. The first-order valence-corrected chi connectivity index (χ1v) is 6.94. The van der Waals surface area contributed by atoms with Crippen molar-refractivity contribution in [2.75, 3.05) is 14.2 Å². The van der Waals surface area contributed by atoms with Gasteiger partial charge in [0.15, 0.2) is 11.5 Å². The molecule has 0 aromatic heterocycles. The number of aryl methyl sites for hydroxylation is 1. The van der Waals surface area contributed by atoms with Gasteiger partial charge in [0, 0.05) is 0 Å². The normalized spacial score (nSPS) is 12.1. The lowest BCUT2D eigenvalue weighted by molar-refractivity contribution is 0.354. The fourth-order valence-electron chi connectivity index (χ4n) is 2.24. The topological polar surface area (TPSA) is 18.5 Å². The third-order valence-corrected chi connectivity index (χ3v) is 4.11. The number of hydrogen-bond acceptors (Lipinski definition) is 2. The van der Waals surface area contributed by atoms with Crippen LogP contribution in [0, 0.1) is 13.8 Å². The van der Waals surface area contributed by atoms with Crippen LogP contribution in [0.3, 0.4) is 0 Å². The molecule has 2 rings (SSSR count). The molecule has 0 aliphatic rings. The van der Waals surface area contributed by atoms with Crippen LogP contribution in [0.2, 0.25) is 0 Å². The van der Waals surface area contributed by atoms with Gasteiger partial charge in [-0.2, -0.15) is 0 Å². The zero-order valence-electron chi connectivity index (χ0n) is 12.2. The molecular weight excluding hydrogens is 272 g/mol. The molecule has 0 heterocycles. The van der Waals surface area contributed by atoms with E-state index in [-0.39, 0.29) is 5.38 Å². The number of ether oxygens (including phenoxy) is 2. The van der Waals surface area contributed by atoms with Crippen LogP contribution in [-0.4, -0.2) is 14.2 Å². The quantitative estimate of drug-likeness (QED) is 0.763. The van der Waals surface area contributed by atoms with Crippen molar-refractivity contribution in [3.63, 3.8) is 0 Å². The summed E-state index contributed by atoms with van der Waals surface area (Å²) in [5.74, 6) is 1.40. The first-order chi connectivity index (χ1) is 9.58. The van der Waals surface area contributed by atoms with Gasteiger partial charge in [-0.3, -0.25) is 0 Å². The SMILES string of the molecule is COc1ccc(C(Cl)c2cccc(C)c2C)cc1OC.